The van der Waals surface area contributed by atoms with Gasteiger partial charge in [0.1, 0.15) is 5.82 Å². The van der Waals surface area contributed by atoms with Crippen LogP contribution < -0.4 is 5.32 Å². The molecule has 2 N–H and O–H groups in total. The standard InChI is InChI=1S/C25H27FN6O/c1-14(2)28-24(33)15-5-6-16(20(26)8-15)12-32-13-18-7-17(11-27-23(18)31-32)22-19-9-25(3,4)10-21(19)29-30-22/h5-8,11,13-14H,9-10,12H2,1-4H3,(H,28,33)(H,29,30). The molecule has 8 heteroatoms. The van der Waals surface area contributed by atoms with E-state index >= 15 is 0 Å². The van der Waals surface area contributed by atoms with Crippen LogP contribution >= 0.6 is 0 Å². The van der Waals surface area contributed by atoms with E-state index in [0.717, 1.165) is 29.5 Å². The predicted molar refractivity (Wildman–Crippen MR) is 124 cm³/mol. The van der Waals surface area contributed by atoms with Crippen LogP contribution in [0, 0.1) is 11.2 Å². The van der Waals surface area contributed by atoms with Crippen molar-refractivity contribution in [2.75, 3.05) is 0 Å². The van der Waals surface area contributed by atoms with Gasteiger partial charge in [-0.2, -0.15) is 10.2 Å². The minimum Gasteiger partial charge on any atom is -0.350 e. The number of fused-ring (bicyclic) bond motifs is 2. The second-order valence-electron chi connectivity index (χ2n) is 9.94. The summed E-state index contributed by atoms with van der Waals surface area (Å²) in [6, 6.07) is 6.55. The van der Waals surface area contributed by atoms with Crippen molar-refractivity contribution in [3.63, 3.8) is 0 Å². The van der Waals surface area contributed by atoms with Crippen LogP contribution in [0.2, 0.25) is 0 Å². The summed E-state index contributed by atoms with van der Waals surface area (Å²) in [6.07, 6.45) is 5.63. The number of aromatic amines is 1. The van der Waals surface area contributed by atoms with Gasteiger partial charge in [0.25, 0.3) is 5.91 Å². The summed E-state index contributed by atoms with van der Waals surface area (Å²) in [7, 11) is 0. The molecule has 0 spiro atoms. The van der Waals surface area contributed by atoms with E-state index in [1.807, 2.05) is 26.1 Å². The topological polar surface area (TPSA) is 88.5 Å². The highest BCUT2D eigenvalue weighted by Gasteiger charge is 2.32. The van der Waals surface area contributed by atoms with E-state index in [0.29, 0.717) is 16.8 Å². The zero-order valence-corrected chi connectivity index (χ0v) is 19.2. The number of hydrogen-bond donors (Lipinski definition) is 2. The number of carbonyl (C=O) groups excluding carboxylic acids is 1. The molecule has 1 amide bonds. The molecule has 1 aliphatic rings. The van der Waals surface area contributed by atoms with Crippen LogP contribution in [0.5, 0.6) is 0 Å². The summed E-state index contributed by atoms with van der Waals surface area (Å²) in [4.78, 5) is 16.6. The number of aromatic nitrogens is 5. The molecule has 0 fully saturated rings. The molecule has 1 aromatic carbocycles. The van der Waals surface area contributed by atoms with Gasteiger partial charge in [-0.1, -0.05) is 19.9 Å². The first-order valence-corrected chi connectivity index (χ1v) is 11.2. The third-order valence-electron chi connectivity index (χ3n) is 6.01. The lowest BCUT2D eigenvalue weighted by atomic mass is 9.90. The van der Waals surface area contributed by atoms with Crippen molar-refractivity contribution >= 4 is 16.9 Å². The Kier molecular flexibility index (Phi) is 5.03. The molecule has 0 unspecified atom stereocenters. The van der Waals surface area contributed by atoms with Gasteiger partial charge < -0.3 is 5.32 Å². The monoisotopic (exact) mass is 446 g/mol. The first kappa shape index (κ1) is 21.3. The second kappa shape index (κ2) is 7.79. The average molecular weight is 447 g/mol. The summed E-state index contributed by atoms with van der Waals surface area (Å²) in [5, 5.41) is 15.9. The summed E-state index contributed by atoms with van der Waals surface area (Å²) < 4.78 is 16.4. The fourth-order valence-corrected chi connectivity index (χ4v) is 4.51. The molecule has 5 rings (SSSR count). The maximum Gasteiger partial charge on any atom is 0.251 e. The molecule has 7 nitrogen and oxygen atoms in total. The third-order valence-corrected chi connectivity index (χ3v) is 6.01. The molecule has 0 atom stereocenters. The van der Waals surface area contributed by atoms with Crippen LogP contribution in [-0.2, 0) is 19.4 Å². The van der Waals surface area contributed by atoms with Gasteiger partial charge in [0.2, 0.25) is 0 Å². The molecule has 0 saturated carbocycles. The molecule has 170 valence electrons. The predicted octanol–water partition coefficient (Wildman–Crippen LogP) is 4.27. The Balaban J connectivity index is 1.39. The Morgan fingerprint density at radius 2 is 2.09 bits per heavy atom. The Hall–Kier alpha value is -3.55. The zero-order valence-electron chi connectivity index (χ0n) is 19.2. The maximum atomic E-state index is 14.7. The highest BCUT2D eigenvalue weighted by Crippen LogP contribution is 2.39. The van der Waals surface area contributed by atoms with Gasteiger partial charge in [0, 0.05) is 51.8 Å². The molecule has 0 bridgehead atoms. The summed E-state index contributed by atoms with van der Waals surface area (Å²) in [5.74, 6) is -0.723. The van der Waals surface area contributed by atoms with Crippen LogP contribution in [0.4, 0.5) is 4.39 Å². The fraction of sp³-hybridized carbons (Fsp3) is 0.360. The number of nitrogens with zero attached hydrogens (tertiary/aromatic N) is 4. The average Bonchev–Trinajstić information content (AvgIpc) is 3.39. The highest BCUT2D eigenvalue weighted by atomic mass is 19.1. The van der Waals surface area contributed by atoms with Crippen molar-refractivity contribution in [2.24, 2.45) is 5.41 Å². The summed E-state index contributed by atoms with van der Waals surface area (Å²) in [5.41, 5.74) is 5.94. The van der Waals surface area contributed by atoms with Crippen LogP contribution in [-0.4, -0.2) is 36.9 Å². The van der Waals surface area contributed by atoms with E-state index < -0.39 is 5.82 Å². The number of pyridine rings is 1. The molecule has 4 aromatic rings. The van der Waals surface area contributed by atoms with Crippen LogP contribution in [0.3, 0.4) is 0 Å². The Morgan fingerprint density at radius 3 is 2.85 bits per heavy atom. The zero-order chi connectivity index (χ0) is 23.3. The first-order valence-electron chi connectivity index (χ1n) is 11.2. The fourth-order valence-electron chi connectivity index (χ4n) is 4.51. The molecule has 33 heavy (non-hydrogen) atoms. The van der Waals surface area contributed by atoms with Gasteiger partial charge in [0.15, 0.2) is 5.65 Å². The van der Waals surface area contributed by atoms with Crippen molar-refractivity contribution in [3.05, 3.63) is 64.9 Å². The number of hydrogen-bond acceptors (Lipinski definition) is 4. The van der Waals surface area contributed by atoms with E-state index in [-0.39, 0.29) is 23.9 Å². The van der Waals surface area contributed by atoms with E-state index in [2.05, 4.69) is 39.4 Å². The molecule has 3 heterocycles. The number of benzene rings is 1. The molecule has 0 aliphatic heterocycles. The first-order chi connectivity index (χ1) is 15.7. The van der Waals surface area contributed by atoms with E-state index in [1.54, 1.807) is 23.0 Å². The van der Waals surface area contributed by atoms with Crippen molar-refractivity contribution in [1.82, 2.24) is 30.3 Å². The summed E-state index contributed by atoms with van der Waals surface area (Å²) in [6.45, 7) is 8.50. The normalized spacial score (nSPS) is 14.7. The minimum absolute atomic E-state index is 0.0110. The van der Waals surface area contributed by atoms with Crippen LogP contribution in [0.25, 0.3) is 22.3 Å². The minimum atomic E-state index is -0.436. The largest absolute Gasteiger partial charge is 0.350 e. The number of rotatable bonds is 5. The highest BCUT2D eigenvalue weighted by molar-refractivity contribution is 5.94. The lowest BCUT2D eigenvalue weighted by molar-refractivity contribution is 0.0942. The maximum absolute atomic E-state index is 14.7. The van der Waals surface area contributed by atoms with Gasteiger partial charge >= 0.3 is 0 Å². The molecule has 1 aliphatic carbocycles. The lowest BCUT2D eigenvalue weighted by Crippen LogP contribution is -2.30. The van der Waals surface area contributed by atoms with E-state index in [9.17, 15) is 9.18 Å². The Bertz CT molecular complexity index is 1370. The van der Waals surface area contributed by atoms with Crippen molar-refractivity contribution < 1.29 is 9.18 Å². The van der Waals surface area contributed by atoms with Crippen LogP contribution in [0.15, 0.2) is 36.7 Å². The Morgan fingerprint density at radius 1 is 1.27 bits per heavy atom. The number of amides is 1. The number of H-pyrrole nitrogens is 1. The van der Waals surface area contributed by atoms with Gasteiger partial charge in [-0.05, 0) is 50.3 Å². The molecular formula is C25H27FN6O. The number of carbonyl (C=O) groups is 1. The quantitative estimate of drug-likeness (QED) is 0.479. The van der Waals surface area contributed by atoms with Crippen molar-refractivity contribution in [1.29, 1.82) is 0 Å². The van der Waals surface area contributed by atoms with Gasteiger partial charge in [-0.25, -0.2) is 9.37 Å². The van der Waals surface area contributed by atoms with Gasteiger partial charge in [-0.3, -0.25) is 14.6 Å². The third kappa shape index (κ3) is 4.13. The lowest BCUT2D eigenvalue weighted by Gasteiger charge is -2.15. The molecule has 0 saturated heterocycles. The van der Waals surface area contributed by atoms with Gasteiger partial charge in [-0.15, -0.1) is 0 Å². The number of nitrogens with one attached hydrogen (secondary N) is 2. The second-order valence-corrected chi connectivity index (χ2v) is 9.94. The summed E-state index contributed by atoms with van der Waals surface area (Å²) >= 11 is 0. The molecular weight excluding hydrogens is 419 g/mol. The van der Waals surface area contributed by atoms with E-state index in [4.69, 9.17) is 0 Å². The van der Waals surface area contributed by atoms with Crippen molar-refractivity contribution in [3.8, 4) is 11.3 Å². The van der Waals surface area contributed by atoms with Gasteiger partial charge in [0.05, 0.1) is 12.2 Å². The molecule has 3 aromatic heterocycles. The smallest absolute Gasteiger partial charge is 0.251 e. The van der Waals surface area contributed by atoms with E-state index in [1.165, 1.54) is 17.3 Å². The SMILES string of the molecule is CC(C)NC(=O)c1ccc(Cn2cc3cc(-c4n[nH]c5c4CC(C)(C)C5)cnc3n2)c(F)c1. The van der Waals surface area contributed by atoms with Crippen LogP contribution in [0.1, 0.15) is 54.9 Å². The number of halogens is 1. The Labute approximate surface area is 191 Å². The molecule has 0 radical (unpaired) electrons. The van der Waals surface area contributed by atoms with Crippen molar-refractivity contribution in [2.45, 2.75) is 53.1 Å².